The average Bonchev–Trinajstić information content (AvgIpc) is 3.22. The largest absolute Gasteiger partial charge is 0.397 e. The molecular formula is C20H25N6O+. The van der Waals surface area contributed by atoms with Crippen LogP contribution in [0.3, 0.4) is 0 Å². The molecule has 0 radical (unpaired) electrons. The smallest absolute Gasteiger partial charge is 0.180 e. The molecule has 7 nitrogen and oxygen atoms in total. The maximum Gasteiger partial charge on any atom is 0.180 e. The van der Waals surface area contributed by atoms with Crippen LogP contribution in [0.25, 0.3) is 5.52 Å². The fourth-order valence-corrected chi connectivity index (χ4v) is 3.74. The Balaban J connectivity index is 1.62. The fraction of sp³-hybridized carbons (Fsp3) is 0.350. The molecule has 2 aromatic heterocycles. The number of hydrogen-bond acceptors (Lipinski definition) is 5. The van der Waals surface area contributed by atoms with Crippen LogP contribution in [-0.2, 0) is 4.79 Å². The zero-order chi connectivity index (χ0) is 18.9. The minimum Gasteiger partial charge on any atom is -0.397 e. The highest BCUT2D eigenvalue weighted by Gasteiger charge is 2.26. The summed E-state index contributed by atoms with van der Waals surface area (Å²) in [4.78, 5) is 16.2. The van der Waals surface area contributed by atoms with E-state index in [0.717, 1.165) is 34.6 Å². The molecule has 140 valence electrons. The van der Waals surface area contributed by atoms with Crippen LogP contribution in [0.5, 0.6) is 0 Å². The Morgan fingerprint density at radius 3 is 2.89 bits per heavy atom. The van der Waals surface area contributed by atoms with Crippen LogP contribution in [0.15, 0.2) is 53.3 Å². The van der Waals surface area contributed by atoms with E-state index in [-0.39, 0.29) is 5.78 Å². The summed E-state index contributed by atoms with van der Waals surface area (Å²) >= 11 is 0. The van der Waals surface area contributed by atoms with E-state index >= 15 is 0 Å². The molecule has 1 aliphatic carbocycles. The molecule has 2 aromatic rings. The second-order valence-corrected chi connectivity index (χ2v) is 7.48. The molecule has 0 amide bonds. The summed E-state index contributed by atoms with van der Waals surface area (Å²) in [7, 11) is 2.31. The van der Waals surface area contributed by atoms with Crippen molar-refractivity contribution >= 4 is 28.5 Å². The number of aromatic nitrogens is 2. The zero-order valence-corrected chi connectivity index (χ0v) is 15.6. The molecular weight excluding hydrogens is 340 g/mol. The number of aliphatic imine (C=N–C) groups is 1. The van der Waals surface area contributed by atoms with Gasteiger partial charge in [-0.3, -0.25) is 4.79 Å². The van der Waals surface area contributed by atoms with Gasteiger partial charge in [-0.2, -0.15) is 0 Å². The number of fused-ring (bicyclic) bond motifs is 1. The normalized spacial score (nSPS) is 20.4. The van der Waals surface area contributed by atoms with Crippen molar-refractivity contribution in [2.24, 2.45) is 10.7 Å². The van der Waals surface area contributed by atoms with Gasteiger partial charge in [0.05, 0.1) is 50.2 Å². The lowest BCUT2D eigenvalue weighted by Gasteiger charge is -2.29. The third-order valence-electron chi connectivity index (χ3n) is 5.34. The third-order valence-corrected chi connectivity index (χ3v) is 5.34. The lowest BCUT2D eigenvalue weighted by atomic mass is 10.1. The van der Waals surface area contributed by atoms with Crippen LogP contribution in [0.1, 0.15) is 12.8 Å². The number of carbonyl (C=O) groups is 1. The summed E-state index contributed by atoms with van der Waals surface area (Å²) in [5.74, 6) is 0.616. The lowest BCUT2D eigenvalue weighted by molar-refractivity contribution is -0.895. The molecule has 7 heteroatoms. The molecule has 0 aromatic carbocycles. The van der Waals surface area contributed by atoms with Crippen LogP contribution in [-0.4, -0.2) is 58.8 Å². The highest BCUT2D eigenvalue weighted by molar-refractivity contribution is 6.20. The number of nitrogens with zero attached hydrogens (tertiary/aromatic N) is 4. The number of quaternary nitrogens is 1. The molecule has 0 spiro atoms. The van der Waals surface area contributed by atoms with Gasteiger partial charge in [0.25, 0.3) is 0 Å². The summed E-state index contributed by atoms with van der Waals surface area (Å²) < 4.78 is 2.91. The minimum absolute atomic E-state index is 0.118. The van der Waals surface area contributed by atoms with Crippen molar-refractivity contribution in [3.05, 3.63) is 48.3 Å². The SMILES string of the molecule is C[N+]1(CCNc2nn3ccccc3c2N=C2C=CC(=O)C=C2N)CCCC1. The first kappa shape index (κ1) is 17.5. The summed E-state index contributed by atoms with van der Waals surface area (Å²) in [6, 6.07) is 5.87. The van der Waals surface area contributed by atoms with E-state index in [1.54, 1.807) is 6.08 Å². The summed E-state index contributed by atoms with van der Waals surface area (Å²) in [5.41, 5.74) is 8.58. The van der Waals surface area contributed by atoms with Gasteiger partial charge in [-0.05, 0) is 24.3 Å². The van der Waals surface area contributed by atoms with E-state index in [9.17, 15) is 4.79 Å². The number of nitrogens with one attached hydrogen (secondary N) is 1. The number of ketones is 1. The van der Waals surface area contributed by atoms with E-state index in [2.05, 4.69) is 17.5 Å². The van der Waals surface area contributed by atoms with Crippen molar-refractivity contribution < 1.29 is 9.28 Å². The van der Waals surface area contributed by atoms with Gasteiger partial charge in [0.15, 0.2) is 11.6 Å². The number of likely N-dealkylation sites (N-methyl/N-ethyl adjacent to an activating group) is 1. The topological polar surface area (TPSA) is 84.8 Å². The molecule has 0 unspecified atom stereocenters. The number of pyridine rings is 1. The molecule has 0 bridgehead atoms. The molecule has 1 saturated heterocycles. The highest BCUT2D eigenvalue weighted by atomic mass is 16.1. The maximum absolute atomic E-state index is 11.5. The molecule has 1 fully saturated rings. The Morgan fingerprint density at radius 2 is 2.11 bits per heavy atom. The van der Waals surface area contributed by atoms with Crippen LogP contribution >= 0.6 is 0 Å². The first-order chi connectivity index (χ1) is 13.0. The quantitative estimate of drug-likeness (QED) is 0.627. The monoisotopic (exact) mass is 365 g/mol. The predicted molar refractivity (Wildman–Crippen MR) is 107 cm³/mol. The molecule has 1 aliphatic heterocycles. The molecule has 0 saturated carbocycles. The Morgan fingerprint density at radius 1 is 1.30 bits per heavy atom. The van der Waals surface area contributed by atoms with Crippen molar-refractivity contribution in [2.45, 2.75) is 12.8 Å². The second-order valence-electron chi connectivity index (χ2n) is 7.48. The Labute approximate surface area is 158 Å². The van der Waals surface area contributed by atoms with E-state index in [1.165, 1.54) is 38.1 Å². The second kappa shape index (κ2) is 7.00. The number of hydrogen-bond donors (Lipinski definition) is 2. The van der Waals surface area contributed by atoms with Gasteiger partial charge >= 0.3 is 0 Å². The molecule has 0 atom stereocenters. The van der Waals surface area contributed by atoms with Crippen LogP contribution in [0.2, 0.25) is 0 Å². The van der Waals surface area contributed by atoms with Gasteiger partial charge in [-0.15, -0.1) is 5.10 Å². The third kappa shape index (κ3) is 3.64. The number of anilines is 1. The van der Waals surface area contributed by atoms with E-state index in [0.29, 0.717) is 11.4 Å². The van der Waals surface area contributed by atoms with Crippen molar-refractivity contribution in [1.29, 1.82) is 0 Å². The van der Waals surface area contributed by atoms with Gasteiger partial charge in [0.1, 0.15) is 5.69 Å². The van der Waals surface area contributed by atoms with Crippen LogP contribution in [0, 0.1) is 0 Å². The minimum atomic E-state index is -0.118. The first-order valence-electron chi connectivity index (χ1n) is 9.37. The maximum atomic E-state index is 11.5. The van der Waals surface area contributed by atoms with Crippen LogP contribution in [0.4, 0.5) is 11.5 Å². The van der Waals surface area contributed by atoms with Gasteiger partial charge < -0.3 is 15.5 Å². The van der Waals surface area contributed by atoms with Crippen molar-refractivity contribution in [3.63, 3.8) is 0 Å². The van der Waals surface area contributed by atoms with E-state index < -0.39 is 0 Å². The van der Waals surface area contributed by atoms with Crippen LogP contribution < -0.4 is 11.1 Å². The Kier molecular flexibility index (Phi) is 4.53. The van der Waals surface area contributed by atoms with Gasteiger partial charge in [0, 0.05) is 25.1 Å². The number of likely N-dealkylation sites (tertiary alicyclic amines) is 1. The lowest BCUT2D eigenvalue weighted by Crippen LogP contribution is -2.44. The number of rotatable bonds is 5. The zero-order valence-electron chi connectivity index (χ0n) is 15.6. The molecule has 27 heavy (non-hydrogen) atoms. The van der Waals surface area contributed by atoms with Gasteiger partial charge in [-0.1, -0.05) is 6.07 Å². The Bertz CT molecular complexity index is 962. The predicted octanol–water partition coefficient (Wildman–Crippen LogP) is 2.04. The standard InChI is InChI=1S/C20H24N6O/c1-26(11-4-5-12-26)13-9-22-20-19(18-6-2-3-10-25(18)24-20)23-17-8-7-15(27)14-16(17)21/h2-3,6-8,10,14H,4-5,9,11-13H2,1H3,(H2-,21,22,24,27)/p+1. The highest BCUT2D eigenvalue weighted by Crippen LogP contribution is 2.30. The Hall–Kier alpha value is -2.93. The molecule has 3 heterocycles. The van der Waals surface area contributed by atoms with Crippen molar-refractivity contribution in [3.8, 4) is 0 Å². The van der Waals surface area contributed by atoms with E-state index in [4.69, 9.17) is 10.7 Å². The molecule has 3 N–H and O–H groups in total. The summed E-state index contributed by atoms with van der Waals surface area (Å²) in [6.07, 6.45) is 9.05. The van der Waals surface area contributed by atoms with E-state index in [1.807, 2.05) is 28.9 Å². The average molecular weight is 365 g/mol. The van der Waals surface area contributed by atoms with Crippen molar-refractivity contribution in [2.75, 3.05) is 38.5 Å². The summed E-state index contributed by atoms with van der Waals surface area (Å²) in [5, 5.41) is 8.11. The van der Waals surface area contributed by atoms with Gasteiger partial charge in [0.2, 0.25) is 0 Å². The number of nitrogens with two attached hydrogens (primary N) is 1. The molecule has 2 aliphatic rings. The number of carbonyl (C=O) groups excluding carboxylic acids is 1. The first-order valence-corrected chi connectivity index (χ1v) is 9.37. The van der Waals surface area contributed by atoms with Gasteiger partial charge in [-0.25, -0.2) is 9.51 Å². The number of allylic oxidation sites excluding steroid dienone is 3. The molecule has 4 rings (SSSR count). The van der Waals surface area contributed by atoms with Crippen molar-refractivity contribution in [1.82, 2.24) is 9.61 Å². The fourth-order valence-electron chi connectivity index (χ4n) is 3.74. The summed E-state index contributed by atoms with van der Waals surface area (Å²) in [6.45, 7) is 4.36.